The summed E-state index contributed by atoms with van der Waals surface area (Å²) in [6, 6.07) is 13.3. The van der Waals surface area contributed by atoms with Gasteiger partial charge in [0, 0.05) is 0 Å². The van der Waals surface area contributed by atoms with Crippen molar-refractivity contribution in [1.29, 1.82) is 0 Å². The van der Waals surface area contributed by atoms with E-state index in [2.05, 4.69) is 0 Å². The molecular weight excluding hydrogens is 383 g/mol. The Balaban J connectivity index is 1.76. The normalized spacial score (nSPS) is 10.7. The minimum atomic E-state index is -2.69. The predicted molar refractivity (Wildman–Crippen MR) is 103 cm³/mol. The number of hydrogen-bond donors (Lipinski definition) is 0. The largest absolute Gasteiger partial charge is 0.462 e. The van der Waals surface area contributed by atoms with E-state index >= 15 is 0 Å². The molecule has 0 bridgehead atoms. The summed E-state index contributed by atoms with van der Waals surface area (Å²) >= 11 is 0. The molecule has 8 heteroatoms. The second kappa shape index (κ2) is 11.4. The van der Waals surface area contributed by atoms with Gasteiger partial charge in [0.25, 0.3) is 0 Å². The monoisotopic (exact) mass is 406 g/mol. The lowest BCUT2D eigenvalue weighted by Crippen LogP contribution is -2.04. The SMILES string of the molecule is CCOC(=O)c1ccc(CO[PH](=O)OCc2ccc(C(=O)OCC)cc2)cc1. The Morgan fingerprint density at radius 3 is 1.39 bits per heavy atom. The Bertz CT molecular complexity index is 733. The molecule has 2 aromatic rings. The third-order valence-electron chi connectivity index (χ3n) is 3.64. The first kappa shape index (κ1) is 21.8. The van der Waals surface area contributed by atoms with Crippen molar-refractivity contribution < 1.29 is 32.7 Å². The van der Waals surface area contributed by atoms with Crippen molar-refractivity contribution >= 4 is 20.2 Å². The number of carbonyl (C=O) groups excluding carboxylic acids is 2. The molecule has 0 spiro atoms. The molecule has 0 aromatic heterocycles. The molecule has 28 heavy (non-hydrogen) atoms. The Morgan fingerprint density at radius 1 is 0.714 bits per heavy atom. The molecule has 0 radical (unpaired) electrons. The Morgan fingerprint density at radius 2 is 1.07 bits per heavy atom. The van der Waals surface area contributed by atoms with Crippen molar-refractivity contribution in [3.63, 3.8) is 0 Å². The first-order chi connectivity index (χ1) is 13.5. The Hall–Kier alpha value is -2.47. The van der Waals surface area contributed by atoms with Crippen molar-refractivity contribution in [2.45, 2.75) is 27.1 Å². The zero-order valence-corrected chi connectivity index (χ0v) is 16.8. The highest BCUT2D eigenvalue weighted by Crippen LogP contribution is 2.27. The van der Waals surface area contributed by atoms with Crippen LogP contribution in [0.15, 0.2) is 48.5 Å². The summed E-state index contributed by atoms with van der Waals surface area (Å²) < 4.78 is 32.2. The first-order valence-corrected chi connectivity index (χ1v) is 10.1. The fraction of sp³-hybridized carbons (Fsp3) is 0.300. The third-order valence-corrected chi connectivity index (χ3v) is 4.40. The van der Waals surface area contributed by atoms with Crippen LogP contribution < -0.4 is 0 Å². The van der Waals surface area contributed by atoms with Gasteiger partial charge in [-0.1, -0.05) is 24.3 Å². The smallest absolute Gasteiger partial charge is 0.338 e. The van der Waals surface area contributed by atoms with E-state index in [1.54, 1.807) is 62.4 Å². The van der Waals surface area contributed by atoms with Gasteiger partial charge in [0.1, 0.15) is 0 Å². The molecule has 0 heterocycles. The van der Waals surface area contributed by atoms with Gasteiger partial charge in [-0.25, -0.2) is 9.59 Å². The van der Waals surface area contributed by atoms with Gasteiger partial charge in [-0.3, -0.25) is 4.57 Å². The maximum absolute atomic E-state index is 11.9. The first-order valence-electron chi connectivity index (χ1n) is 8.85. The molecule has 0 saturated heterocycles. The van der Waals surface area contributed by atoms with Gasteiger partial charge in [0.2, 0.25) is 0 Å². The molecule has 0 aliphatic rings. The van der Waals surface area contributed by atoms with Crippen LogP contribution >= 0.6 is 8.25 Å². The number of ether oxygens (including phenoxy) is 2. The molecule has 0 fully saturated rings. The predicted octanol–water partition coefficient (Wildman–Crippen LogP) is 4.16. The quantitative estimate of drug-likeness (QED) is 0.432. The second-order valence-electron chi connectivity index (χ2n) is 5.66. The van der Waals surface area contributed by atoms with E-state index in [0.717, 1.165) is 11.1 Å². The number of esters is 2. The van der Waals surface area contributed by atoms with Crippen molar-refractivity contribution in [2.75, 3.05) is 13.2 Å². The van der Waals surface area contributed by atoms with Crippen LogP contribution in [0.4, 0.5) is 0 Å². The summed E-state index contributed by atoms with van der Waals surface area (Å²) in [5.74, 6) is -0.776. The number of hydrogen-bond acceptors (Lipinski definition) is 7. The van der Waals surface area contributed by atoms with Crippen molar-refractivity contribution in [3.05, 3.63) is 70.8 Å². The maximum Gasteiger partial charge on any atom is 0.338 e. The average Bonchev–Trinajstić information content (AvgIpc) is 2.72. The molecule has 0 aliphatic heterocycles. The summed E-state index contributed by atoms with van der Waals surface area (Å²) in [6.07, 6.45) is 0. The molecule has 0 saturated carbocycles. The summed E-state index contributed by atoms with van der Waals surface area (Å²) in [5, 5.41) is 0. The molecule has 0 atom stereocenters. The lowest BCUT2D eigenvalue weighted by atomic mass is 10.1. The number of rotatable bonds is 10. The zero-order chi connectivity index (χ0) is 20.4. The molecule has 0 amide bonds. The molecule has 0 N–H and O–H groups in total. The van der Waals surface area contributed by atoms with E-state index in [-0.39, 0.29) is 25.2 Å². The van der Waals surface area contributed by atoms with Crippen LogP contribution in [0.2, 0.25) is 0 Å². The zero-order valence-electron chi connectivity index (χ0n) is 15.8. The topological polar surface area (TPSA) is 88.1 Å². The van der Waals surface area contributed by atoms with Crippen molar-refractivity contribution in [3.8, 4) is 0 Å². The molecule has 7 nitrogen and oxygen atoms in total. The van der Waals surface area contributed by atoms with E-state index < -0.39 is 8.25 Å². The van der Waals surface area contributed by atoms with Crippen LogP contribution in [0.3, 0.4) is 0 Å². The van der Waals surface area contributed by atoms with Gasteiger partial charge in [0.15, 0.2) is 0 Å². The maximum atomic E-state index is 11.9. The molecule has 150 valence electrons. The van der Waals surface area contributed by atoms with Gasteiger partial charge in [-0.05, 0) is 49.2 Å². The summed E-state index contributed by atoms with van der Waals surface area (Å²) in [6.45, 7) is 4.31. The van der Waals surface area contributed by atoms with Crippen LogP contribution in [0.5, 0.6) is 0 Å². The second-order valence-corrected chi connectivity index (χ2v) is 6.74. The third kappa shape index (κ3) is 6.93. The molecule has 0 aliphatic carbocycles. The van der Waals surface area contributed by atoms with Gasteiger partial charge in [-0.15, -0.1) is 0 Å². The minimum absolute atomic E-state index is 0.0999. The molecule has 2 aromatic carbocycles. The van der Waals surface area contributed by atoms with E-state index in [1.165, 1.54) is 0 Å². The minimum Gasteiger partial charge on any atom is -0.462 e. The molecule has 0 unspecified atom stereocenters. The highest BCUT2D eigenvalue weighted by atomic mass is 31.1. The van der Waals surface area contributed by atoms with Crippen LogP contribution in [0.1, 0.15) is 45.7 Å². The van der Waals surface area contributed by atoms with Crippen LogP contribution in [-0.4, -0.2) is 25.2 Å². The highest BCUT2D eigenvalue weighted by Gasteiger charge is 2.08. The highest BCUT2D eigenvalue weighted by molar-refractivity contribution is 7.33. The van der Waals surface area contributed by atoms with Gasteiger partial charge < -0.3 is 18.5 Å². The van der Waals surface area contributed by atoms with E-state index in [4.69, 9.17) is 18.5 Å². The van der Waals surface area contributed by atoms with Gasteiger partial charge >= 0.3 is 20.2 Å². The summed E-state index contributed by atoms with van der Waals surface area (Å²) in [4.78, 5) is 23.2. The Labute approximate surface area is 164 Å². The lowest BCUT2D eigenvalue weighted by molar-refractivity contribution is 0.0516. The molecule has 2 rings (SSSR count). The average molecular weight is 406 g/mol. The van der Waals surface area contributed by atoms with E-state index in [0.29, 0.717) is 24.3 Å². The van der Waals surface area contributed by atoms with Crippen molar-refractivity contribution in [2.24, 2.45) is 0 Å². The van der Waals surface area contributed by atoms with Crippen molar-refractivity contribution in [1.82, 2.24) is 0 Å². The summed E-state index contributed by atoms with van der Waals surface area (Å²) in [5.41, 5.74) is 2.41. The fourth-order valence-electron chi connectivity index (χ4n) is 2.23. The number of benzene rings is 2. The molecular formula is C20H23O7P. The van der Waals surface area contributed by atoms with E-state index in [9.17, 15) is 14.2 Å². The van der Waals surface area contributed by atoms with Crippen LogP contribution in [0.25, 0.3) is 0 Å². The van der Waals surface area contributed by atoms with Gasteiger partial charge in [-0.2, -0.15) is 0 Å². The number of carbonyl (C=O) groups is 2. The summed E-state index contributed by atoms with van der Waals surface area (Å²) in [7, 11) is -2.69. The standard InChI is InChI=1S/C20H23O7P/c1-3-24-19(21)17-9-5-15(6-10-17)13-26-28(23)27-14-16-7-11-18(12-8-16)20(22)25-4-2/h5-12,28H,3-4,13-14H2,1-2H3. The fourth-order valence-corrected chi connectivity index (χ4v) is 2.88. The van der Waals surface area contributed by atoms with Crippen LogP contribution in [-0.2, 0) is 36.3 Å². The van der Waals surface area contributed by atoms with E-state index in [1.807, 2.05) is 0 Å². The van der Waals surface area contributed by atoms with Crippen LogP contribution in [0, 0.1) is 0 Å². The lowest BCUT2D eigenvalue weighted by Gasteiger charge is -2.07. The van der Waals surface area contributed by atoms with Gasteiger partial charge in [0.05, 0.1) is 37.6 Å². The Kier molecular flexibility index (Phi) is 8.88.